The maximum Gasteiger partial charge on any atom is 0.242 e. The Morgan fingerprint density at radius 1 is 1.26 bits per heavy atom. The van der Waals surface area contributed by atoms with Gasteiger partial charge in [-0.2, -0.15) is 0 Å². The van der Waals surface area contributed by atoms with Crippen LogP contribution in [0, 0.1) is 0 Å². The molecule has 0 unspecified atom stereocenters. The smallest absolute Gasteiger partial charge is 0.242 e. The number of anilines is 1. The Morgan fingerprint density at radius 2 is 2.11 bits per heavy atom. The summed E-state index contributed by atoms with van der Waals surface area (Å²) in [4.78, 5) is 4.13. The Balaban J connectivity index is 1.96. The third-order valence-corrected chi connectivity index (χ3v) is 3.06. The van der Waals surface area contributed by atoms with Gasteiger partial charge in [0.25, 0.3) is 0 Å². The van der Waals surface area contributed by atoms with Crippen LogP contribution in [0.4, 0.5) is 5.69 Å². The molecule has 1 aromatic carbocycles. The molecular weight excluding hydrogens is 240 g/mol. The summed E-state index contributed by atoms with van der Waals surface area (Å²) in [5, 5.41) is 0. The molecule has 0 spiro atoms. The molecule has 0 fully saturated rings. The van der Waals surface area contributed by atoms with Crippen LogP contribution in [0.25, 0.3) is 0 Å². The largest absolute Gasteiger partial charge is 0.483 e. The highest BCUT2D eigenvalue weighted by Gasteiger charge is 2.32. The van der Waals surface area contributed by atoms with Crippen molar-refractivity contribution in [3.63, 3.8) is 0 Å². The first-order valence-corrected chi connectivity index (χ1v) is 6.24. The maximum absolute atomic E-state index is 5.94. The molecular formula is C15H16N2O2. The lowest BCUT2D eigenvalue weighted by Gasteiger charge is -2.18. The summed E-state index contributed by atoms with van der Waals surface area (Å²) in [5.74, 6) is 1.86. The standard InChI is InChI=1S/C15H16N2O2/c1-15(2)9-10-5-3-7-12(13(10)19-15)18-14-11(16)6-4-8-17-14/h3-8H,9,16H2,1-2H3. The van der Waals surface area contributed by atoms with E-state index < -0.39 is 0 Å². The van der Waals surface area contributed by atoms with Crippen molar-refractivity contribution in [1.82, 2.24) is 4.98 Å². The number of benzene rings is 1. The Morgan fingerprint density at radius 3 is 2.89 bits per heavy atom. The predicted molar refractivity (Wildman–Crippen MR) is 73.6 cm³/mol. The monoisotopic (exact) mass is 256 g/mol. The number of hydrogen-bond acceptors (Lipinski definition) is 4. The minimum atomic E-state index is -0.197. The van der Waals surface area contributed by atoms with Gasteiger partial charge >= 0.3 is 0 Å². The van der Waals surface area contributed by atoms with E-state index in [4.69, 9.17) is 15.2 Å². The van der Waals surface area contributed by atoms with Gasteiger partial charge in [0.05, 0.1) is 5.69 Å². The molecule has 0 radical (unpaired) electrons. The normalized spacial score (nSPS) is 15.7. The number of nitrogens with zero attached hydrogens (tertiary/aromatic N) is 1. The van der Waals surface area contributed by atoms with Gasteiger partial charge in [0.1, 0.15) is 5.60 Å². The van der Waals surface area contributed by atoms with Gasteiger partial charge in [0, 0.05) is 18.2 Å². The van der Waals surface area contributed by atoms with Crippen LogP contribution in [-0.4, -0.2) is 10.6 Å². The number of pyridine rings is 1. The summed E-state index contributed by atoms with van der Waals surface area (Å²) >= 11 is 0. The number of hydrogen-bond donors (Lipinski definition) is 1. The molecule has 1 aliphatic heterocycles. The molecule has 19 heavy (non-hydrogen) atoms. The van der Waals surface area contributed by atoms with E-state index in [2.05, 4.69) is 24.9 Å². The summed E-state index contributed by atoms with van der Waals surface area (Å²) in [6, 6.07) is 9.42. The van der Waals surface area contributed by atoms with Crippen LogP contribution in [0.15, 0.2) is 36.5 Å². The Labute approximate surface area is 112 Å². The average molecular weight is 256 g/mol. The van der Waals surface area contributed by atoms with Crippen LogP contribution in [0.2, 0.25) is 0 Å². The van der Waals surface area contributed by atoms with Gasteiger partial charge in [0.2, 0.25) is 5.88 Å². The molecule has 98 valence electrons. The second kappa shape index (κ2) is 4.16. The van der Waals surface area contributed by atoms with Gasteiger partial charge < -0.3 is 15.2 Å². The zero-order valence-corrected chi connectivity index (χ0v) is 11.0. The molecule has 0 amide bonds. The van der Waals surface area contributed by atoms with Crippen molar-refractivity contribution in [2.75, 3.05) is 5.73 Å². The van der Waals surface area contributed by atoms with Gasteiger partial charge in [-0.15, -0.1) is 0 Å². The van der Waals surface area contributed by atoms with Crippen molar-refractivity contribution in [3.8, 4) is 17.4 Å². The lowest BCUT2D eigenvalue weighted by Crippen LogP contribution is -2.24. The van der Waals surface area contributed by atoms with Crippen molar-refractivity contribution in [2.45, 2.75) is 25.9 Å². The molecule has 2 heterocycles. The summed E-state index contributed by atoms with van der Waals surface area (Å²) in [5.41, 5.74) is 7.30. The molecule has 4 heteroatoms. The molecule has 0 atom stereocenters. The quantitative estimate of drug-likeness (QED) is 0.896. The highest BCUT2D eigenvalue weighted by atomic mass is 16.5. The first-order valence-electron chi connectivity index (χ1n) is 6.24. The van der Waals surface area contributed by atoms with Crippen molar-refractivity contribution in [2.24, 2.45) is 0 Å². The zero-order valence-electron chi connectivity index (χ0n) is 11.0. The third-order valence-electron chi connectivity index (χ3n) is 3.06. The molecule has 2 N–H and O–H groups in total. The second-order valence-corrected chi connectivity index (χ2v) is 5.28. The number of aromatic nitrogens is 1. The summed E-state index contributed by atoms with van der Waals surface area (Å²) in [6.45, 7) is 4.12. The van der Waals surface area contributed by atoms with Crippen molar-refractivity contribution in [1.29, 1.82) is 0 Å². The molecule has 0 saturated heterocycles. The number of ether oxygens (including phenoxy) is 2. The van der Waals surface area contributed by atoms with Crippen LogP contribution >= 0.6 is 0 Å². The minimum Gasteiger partial charge on any atom is -0.483 e. The number of para-hydroxylation sites is 1. The highest BCUT2D eigenvalue weighted by molar-refractivity contribution is 5.54. The van der Waals surface area contributed by atoms with Gasteiger partial charge in [-0.25, -0.2) is 4.98 Å². The molecule has 4 nitrogen and oxygen atoms in total. The van der Waals surface area contributed by atoms with E-state index >= 15 is 0 Å². The summed E-state index contributed by atoms with van der Waals surface area (Å²) < 4.78 is 11.7. The van der Waals surface area contributed by atoms with Gasteiger partial charge in [-0.05, 0) is 32.0 Å². The van der Waals surface area contributed by atoms with E-state index in [1.807, 2.05) is 12.1 Å². The lowest BCUT2D eigenvalue weighted by atomic mass is 10.0. The number of nitrogen functional groups attached to an aromatic ring is 1. The Hall–Kier alpha value is -2.23. The van der Waals surface area contributed by atoms with E-state index in [0.29, 0.717) is 17.3 Å². The molecule has 0 bridgehead atoms. The molecule has 1 aromatic heterocycles. The van der Waals surface area contributed by atoms with E-state index in [9.17, 15) is 0 Å². The molecule has 1 aliphatic rings. The fraction of sp³-hybridized carbons (Fsp3) is 0.267. The number of fused-ring (bicyclic) bond motifs is 1. The van der Waals surface area contributed by atoms with Gasteiger partial charge in [-0.1, -0.05) is 12.1 Å². The first kappa shape index (κ1) is 11.8. The van der Waals surface area contributed by atoms with E-state index in [1.165, 1.54) is 0 Å². The molecule has 0 saturated carbocycles. The third kappa shape index (κ3) is 2.21. The SMILES string of the molecule is CC1(C)Cc2cccc(Oc3ncccc3N)c2O1. The van der Waals surface area contributed by atoms with Crippen LogP contribution in [0.5, 0.6) is 17.4 Å². The van der Waals surface area contributed by atoms with Crippen LogP contribution in [-0.2, 0) is 6.42 Å². The Kier molecular flexibility index (Phi) is 2.59. The van der Waals surface area contributed by atoms with E-state index in [-0.39, 0.29) is 5.60 Å². The fourth-order valence-corrected chi connectivity index (χ4v) is 2.26. The second-order valence-electron chi connectivity index (χ2n) is 5.28. The first-order chi connectivity index (χ1) is 9.05. The van der Waals surface area contributed by atoms with Crippen LogP contribution < -0.4 is 15.2 Å². The van der Waals surface area contributed by atoms with Crippen molar-refractivity contribution >= 4 is 5.69 Å². The van der Waals surface area contributed by atoms with Crippen LogP contribution in [0.1, 0.15) is 19.4 Å². The molecule has 3 rings (SSSR count). The number of nitrogens with two attached hydrogens (primary N) is 1. The highest BCUT2D eigenvalue weighted by Crippen LogP contribution is 2.43. The lowest BCUT2D eigenvalue weighted by molar-refractivity contribution is 0.135. The minimum absolute atomic E-state index is 0.197. The van der Waals surface area contributed by atoms with Gasteiger partial charge in [0.15, 0.2) is 11.5 Å². The van der Waals surface area contributed by atoms with Crippen molar-refractivity contribution in [3.05, 3.63) is 42.1 Å². The predicted octanol–water partition coefficient (Wildman–Crippen LogP) is 3.17. The van der Waals surface area contributed by atoms with E-state index in [1.54, 1.807) is 18.3 Å². The fourth-order valence-electron chi connectivity index (χ4n) is 2.26. The Bertz CT molecular complexity index is 623. The van der Waals surface area contributed by atoms with E-state index in [0.717, 1.165) is 17.7 Å². The van der Waals surface area contributed by atoms with Gasteiger partial charge in [-0.3, -0.25) is 0 Å². The van der Waals surface area contributed by atoms with Crippen molar-refractivity contribution < 1.29 is 9.47 Å². The summed E-state index contributed by atoms with van der Waals surface area (Å²) in [7, 11) is 0. The summed E-state index contributed by atoms with van der Waals surface area (Å²) in [6.07, 6.45) is 2.52. The maximum atomic E-state index is 5.94. The van der Waals surface area contributed by atoms with Crippen LogP contribution in [0.3, 0.4) is 0 Å². The topological polar surface area (TPSA) is 57.4 Å². The zero-order chi connectivity index (χ0) is 13.5. The molecule has 0 aliphatic carbocycles. The average Bonchev–Trinajstić information content (AvgIpc) is 2.67. The number of rotatable bonds is 2. The molecule has 2 aromatic rings.